The minimum atomic E-state index is -1.37. The molecule has 1 radical (unpaired) electrons. The molecule has 0 aliphatic heterocycles. The number of rotatable bonds is 11. The van der Waals surface area contributed by atoms with Gasteiger partial charge < -0.3 is 6.92 Å². The summed E-state index contributed by atoms with van der Waals surface area (Å²) in [5, 5.41) is 16.6. The Labute approximate surface area is 390 Å². The normalized spacial score (nSPS) is 11.0. The monoisotopic (exact) mass is 954 g/mol. The zero-order chi connectivity index (χ0) is 41.9. The van der Waals surface area contributed by atoms with Crippen molar-refractivity contribution >= 4 is 87.7 Å². The van der Waals surface area contributed by atoms with Gasteiger partial charge in [0.05, 0.1) is 34.4 Å². The van der Waals surface area contributed by atoms with Crippen molar-refractivity contribution in [3.63, 3.8) is 0 Å². The molecular formula is C59H51P3Ru+3. The Balaban J connectivity index is 0.000000271. The summed E-state index contributed by atoms with van der Waals surface area (Å²) in [7, 11) is -3.36. The molecule has 307 valence electrons. The van der Waals surface area contributed by atoms with E-state index in [9.17, 15) is 0 Å². The van der Waals surface area contributed by atoms with Gasteiger partial charge in [-0.2, -0.15) is 0 Å². The van der Waals surface area contributed by atoms with Crippen molar-refractivity contribution in [2.24, 2.45) is 0 Å². The Morgan fingerprint density at radius 2 is 0.556 bits per heavy atom. The molecular weight excluding hydrogens is 903 g/mol. The average molecular weight is 954 g/mol. The van der Waals surface area contributed by atoms with Crippen molar-refractivity contribution in [2.75, 3.05) is 6.16 Å². The van der Waals surface area contributed by atoms with E-state index in [4.69, 9.17) is 0 Å². The summed E-state index contributed by atoms with van der Waals surface area (Å²) in [6, 6.07) is 93.9. The third-order valence-electron chi connectivity index (χ3n) is 11.6. The molecule has 10 aromatic carbocycles. The fourth-order valence-electron chi connectivity index (χ4n) is 8.78. The molecule has 0 aromatic heterocycles. The van der Waals surface area contributed by atoms with Crippen molar-refractivity contribution < 1.29 is 19.5 Å². The van der Waals surface area contributed by atoms with Crippen molar-refractivity contribution in [1.29, 1.82) is 0 Å². The third-order valence-corrected chi connectivity index (χ3v) is 20.0. The molecule has 10 aromatic rings. The second-order valence-corrected chi connectivity index (χ2v) is 22.9. The fourth-order valence-corrected chi connectivity index (χ4v) is 16.8. The van der Waals surface area contributed by atoms with Gasteiger partial charge in [-0.15, -0.1) is 6.42 Å². The Kier molecular flexibility index (Phi) is 15.3. The van der Waals surface area contributed by atoms with E-state index in [1.54, 1.807) is 0 Å². The summed E-state index contributed by atoms with van der Waals surface area (Å²) in [6.45, 7) is 4.00. The van der Waals surface area contributed by atoms with Crippen LogP contribution in [0.3, 0.4) is 0 Å². The number of hydrogen-bond donors (Lipinski definition) is 0. The summed E-state index contributed by atoms with van der Waals surface area (Å²) in [6.07, 6.45) is 2.22. The van der Waals surface area contributed by atoms with Crippen molar-refractivity contribution in [2.45, 2.75) is 6.42 Å². The Morgan fingerprint density at radius 1 is 0.286 bits per heavy atom. The summed E-state index contributed by atoms with van der Waals surface area (Å²) >= 11 is 0. The Morgan fingerprint density at radius 3 is 0.857 bits per heavy atom. The van der Waals surface area contributed by atoms with Gasteiger partial charge in [0.15, 0.2) is 0 Å². The van der Waals surface area contributed by atoms with Crippen LogP contribution in [0.2, 0.25) is 0 Å². The second-order valence-electron chi connectivity index (χ2n) is 15.4. The minimum Gasteiger partial charge on any atom is -0.340 e. The molecule has 0 spiro atoms. The van der Waals surface area contributed by atoms with Gasteiger partial charge in [-0.1, -0.05) is 170 Å². The maximum atomic E-state index is 4.00. The molecule has 0 unspecified atom stereocenters. The predicted molar refractivity (Wildman–Crippen MR) is 282 cm³/mol. The predicted octanol–water partition coefficient (Wildman–Crippen LogP) is 11.7. The smallest absolute Gasteiger partial charge is 0.340 e. The number of hydrogen-bond acceptors (Lipinski definition) is 0. The number of fused-ring (bicyclic) bond motifs is 2. The Hall–Kier alpha value is -5.37. The summed E-state index contributed by atoms with van der Waals surface area (Å²) < 4.78 is 0. The van der Waals surface area contributed by atoms with Gasteiger partial charge in [0.1, 0.15) is 31.8 Å². The largest absolute Gasteiger partial charge is 1.00 e. The molecule has 0 fully saturated rings. The molecule has 0 saturated heterocycles. The summed E-state index contributed by atoms with van der Waals surface area (Å²) in [5.41, 5.74) is 2.75. The molecule has 10 rings (SSSR count). The minimum absolute atomic E-state index is 0. The van der Waals surface area contributed by atoms with Crippen LogP contribution in [0.5, 0.6) is 0 Å². The Bertz CT molecular complexity index is 2680. The van der Waals surface area contributed by atoms with Crippen molar-refractivity contribution in [3.8, 4) is 11.1 Å². The van der Waals surface area contributed by atoms with Crippen molar-refractivity contribution in [1.82, 2.24) is 0 Å². The molecule has 0 aliphatic rings. The maximum Gasteiger partial charge on any atom is 1.00 e. The molecule has 4 heteroatoms. The van der Waals surface area contributed by atoms with Gasteiger partial charge in [-0.05, 0) is 106 Å². The first-order valence-corrected chi connectivity index (χ1v) is 26.3. The van der Waals surface area contributed by atoms with Crippen LogP contribution in [-0.4, -0.2) is 6.16 Å². The van der Waals surface area contributed by atoms with E-state index in [-0.39, 0.29) is 19.5 Å². The standard InChI is InChI=1S/C44H32P2.C15H16P.Ru/c1-5-19-35(20-6-1)45(36-21-7-2-8-22-36)41-31-29-33-17-13-15-27-39(33)43(41)44-40-28-16-14-18-34(40)30-32-42(44)46(37-23-9-3-10-24-37)38-25-11-4-12-26-38;1-2-13-16(14-9-5-3-6-10-14)15-11-7-4-8-12-15;/h1-32H;3-12H,1-2,13H2;/q;-1;+1/p+3. The quantitative estimate of drug-likeness (QED) is 0.0688. The fraction of sp³-hybridized carbons (Fsp3) is 0.0339. The van der Waals surface area contributed by atoms with Crippen LogP contribution in [0.15, 0.2) is 255 Å². The van der Waals surface area contributed by atoms with E-state index in [1.165, 1.54) is 81.3 Å². The van der Waals surface area contributed by atoms with Crippen LogP contribution >= 0.6 is 23.8 Å². The topological polar surface area (TPSA) is 0 Å². The molecule has 63 heavy (non-hydrogen) atoms. The van der Waals surface area contributed by atoms with Gasteiger partial charge in [0.2, 0.25) is 0 Å². The summed E-state index contributed by atoms with van der Waals surface area (Å²) in [4.78, 5) is 0. The first-order chi connectivity index (χ1) is 30.8. The maximum absolute atomic E-state index is 4.00. The molecule has 0 N–H and O–H groups in total. The molecule has 0 amide bonds. The van der Waals surface area contributed by atoms with Crippen LogP contribution in [-0.2, 0) is 19.5 Å². The molecule has 0 bridgehead atoms. The van der Waals surface area contributed by atoms with E-state index >= 15 is 0 Å². The second kappa shape index (κ2) is 21.8. The van der Waals surface area contributed by atoms with E-state index in [1.807, 2.05) is 0 Å². The molecule has 0 aliphatic carbocycles. The van der Waals surface area contributed by atoms with Crippen LogP contribution in [0.1, 0.15) is 6.42 Å². The van der Waals surface area contributed by atoms with E-state index in [0.717, 1.165) is 6.42 Å². The van der Waals surface area contributed by atoms with Crippen LogP contribution in [0.4, 0.5) is 0 Å². The van der Waals surface area contributed by atoms with E-state index in [2.05, 4.69) is 262 Å². The third kappa shape index (κ3) is 10.1. The van der Waals surface area contributed by atoms with Gasteiger partial charge >= 0.3 is 19.5 Å². The van der Waals surface area contributed by atoms with Crippen LogP contribution in [0.25, 0.3) is 32.7 Å². The number of benzene rings is 10. The molecule has 0 saturated carbocycles. The van der Waals surface area contributed by atoms with Gasteiger partial charge in [0.25, 0.3) is 0 Å². The van der Waals surface area contributed by atoms with Crippen LogP contribution < -0.4 is 42.4 Å². The zero-order valence-electron chi connectivity index (χ0n) is 35.2. The average Bonchev–Trinajstić information content (AvgIpc) is 3.35. The molecule has 0 atom stereocenters. The zero-order valence-corrected chi connectivity index (χ0v) is 40.0. The first kappa shape index (κ1) is 44.2. The van der Waals surface area contributed by atoms with Gasteiger partial charge in [0, 0.05) is 17.3 Å². The van der Waals surface area contributed by atoms with E-state index < -0.39 is 23.8 Å². The van der Waals surface area contributed by atoms with Crippen LogP contribution in [0, 0.1) is 6.92 Å². The van der Waals surface area contributed by atoms with E-state index in [0.29, 0.717) is 0 Å². The first-order valence-electron chi connectivity index (χ1n) is 21.5. The SMILES string of the molecule is [CH2-]CC[PH+](c1ccccc1)c1ccccc1.[Ru+].c1ccc([PH+](c2ccccc2)c2ccc3ccccc3c2-c2c([PH+](c3ccccc3)c3ccccc3)ccc3ccccc23)cc1. The van der Waals surface area contributed by atoms with Gasteiger partial charge in [-0.3, -0.25) is 0 Å². The summed E-state index contributed by atoms with van der Waals surface area (Å²) in [5.74, 6) is 0. The molecule has 0 heterocycles. The van der Waals surface area contributed by atoms with Crippen molar-refractivity contribution in [3.05, 3.63) is 262 Å². The van der Waals surface area contributed by atoms with Gasteiger partial charge in [-0.25, -0.2) is 0 Å². The molecule has 0 nitrogen and oxygen atoms in total.